The van der Waals surface area contributed by atoms with Crippen molar-refractivity contribution >= 4 is 17.9 Å². The van der Waals surface area contributed by atoms with Crippen molar-refractivity contribution < 1.29 is 9.53 Å². The van der Waals surface area contributed by atoms with Crippen LogP contribution < -0.4 is 4.74 Å². The molecule has 0 saturated heterocycles. The van der Waals surface area contributed by atoms with E-state index in [4.69, 9.17) is 16.3 Å². The Hall–Kier alpha value is -1.87. The van der Waals surface area contributed by atoms with E-state index >= 15 is 0 Å². The lowest BCUT2D eigenvalue weighted by atomic mass is 10.2. The summed E-state index contributed by atoms with van der Waals surface area (Å²) >= 11 is 5.87. The number of rotatable bonds is 3. The summed E-state index contributed by atoms with van der Waals surface area (Å²) < 4.78 is 5.50. The van der Waals surface area contributed by atoms with Gasteiger partial charge in [0.15, 0.2) is 6.29 Å². The van der Waals surface area contributed by atoms with E-state index in [0.717, 1.165) is 0 Å². The smallest absolute Gasteiger partial charge is 0.151 e. The number of hydrogen-bond acceptors (Lipinski definition) is 3. The number of ether oxygens (including phenoxy) is 1. The zero-order chi connectivity index (χ0) is 11.4. The van der Waals surface area contributed by atoms with Crippen LogP contribution in [0.25, 0.3) is 0 Å². The van der Waals surface area contributed by atoms with Gasteiger partial charge >= 0.3 is 0 Å². The molecule has 0 aliphatic carbocycles. The van der Waals surface area contributed by atoms with Crippen LogP contribution in [0, 0.1) is 0 Å². The molecule has 4 heteroatoms. The number of hydrogen-bond donors (Lipinski definition) is 0. The van der Waals surface area contributed by atoms with Crippen LogP contribution in [0.5, 0.6) is 11.5 Å². The van der Waals surface area contributed by atoms with Crippen LogP contribution >= 0.6 is 11.6 Å². The van der Waals surface area contributed by atoms with E-state index in [-0.39, 0.29) is 0 Å². The van der Waals surface area contributed by atoms with Gasteiger partial charge in [0, 0.05) is 17.8 Å². The Balaban J connectivity index is 2.23. The van der Waals surface area contributed by atoms with Gasteiger partial charge in [0.1, 0.15) is 11.5 Å². The van der Waals surface area contributed by atoms with Crippen molar-refractivity contribution in [2.75, 3.05) is 0 Å². The normalized spacial score (nSPS) is 9.81. The Morgan fingerprint density at radius 2 is 2.12 bits per heavy atom. The van der Waals surface area contributed by atoms with Crippen LogP contribution in [0.3, 0.4) is 0 Å². The van der Waals surface area contributed by atoms with E-state index in [1.54, 1.807) is 42.7 Å². The van der Waals surface area contributed by atoms with Gasteiger partial charge in [-0.05, 0) is 24.3 Å². The minimum absolute atomic E-state index is 0.372. The molecule has 0 aliphatic heterocycles. The van der Waals surface area contributed by atoms with Gasteiger partial charge in [0.25, 0.3) is 0 Å². The van der Waals surface area contributed by atoms with E-state index in [0.29, 0.717) is 28.4 Å². The molecule has 0 aliphatic rings. The summed E-state index contributed by atoms with van der Waals surface area (Å²) in [7, 11) is 0. The van der Waals surface area contributed by atoms with E-state index < -0.39 is 0 Å². The highest BCUT2D eigenvalue weighted by molar-refractivity contribution is 6.33. The highest BCUT2D eigenvalue weighted by atomic mass is 35.5. The first kappa shape index (κ1) is 10.6. The van der Waals surface area contributed by atoms with Crippen molar-refractivity contribution in [3.8, 4) is 11.5 Å². The number of halogens is 1. The SMILES string of the molecule is O=Cc1ccc(Oc2cccnc2)cc1Cl. The van der Waals surface area contributed by atoms with Gasteiger partial charge < -0.3 is 4.74 Å². The molecule has 0 saturated carbocycles. The zero-order valence-corrected chi connectivity index (χ0v) is 9.02. The maximum atomic E-state index is 10.6. The van der Waals surface area contributed by atoms with Crippen LogP contribution in [-0.2, 0) is 0 Å². The van der Waals surface area contributed by atoms with E-state index in [9.17, 15) is 4.79 Å². The van der Waals surface area contributed by atoms with Gasteiger partial charge in [-0.15, -0.1) is 0 Å². The molecular formula is C12H8ClNO2. The fourth-order valence-corrected chi connectivity index (χ4v) is 1.43. The summed E-state index contributed by atoms with van der Waals surface area (Å²) in [5.41, 5.74) is 0.445. The van der Waals surface area contributed by atoms with Gasteiger partial charge in [0.05, 0.1) is 11.2 Å². The summed E-state index contributed by atoms with van der Waals surface area (Å²) in [5.74, 6) is 1.20. The van der Waals surface area contributed by atoms with E-state index in [1.165, 1.54) is 0 Å². The Kier molecular flexibility index (Phi) is 3.17. The highest BCUT2D eigenvalue weighted by Gasteiger charge is 2.02. The van der Waals surface area contributed by atoms with Crippen molar-refractivity contribution in [2.24, 2.45) is 0 Å². The third-order valence-corrected chi connectivity index (χ3v) is 2.30. The predicted octanol–water partition coefficient (Wildman–Crippen LogP) is 3.34. The number of pyridine rings is 1. The topological polar surface area (TPSA) is 39.2 Å². The first-order chi connectivity index (χ1) is 7.79. The quantitative estimate of drug-likeness (QED) is 0.764. The lowest BCUT2D eigenvalue weighted by Crippen LogP contribution is -1.87. The summed E-state index contributed by atoms with van der Waals surface area (Å²) in [6, 6.07) is 8.45. The molecule has 0 fully saturated rings. The average molecular weight is 234 g/mol. The Morgan fingerprint density at radius 3 is 2.75 bits per heavy atom. The maximum absolute atomic E-state index is 10.6. The van der Waals surface area contributed by atoms with Crippen LogP contribution in [-0.4, -0.2) is 11.3 Å². The first-order valence-corrected chi connectivity index (χ1v) is 5.00. The molecule has 2 aromatic rings. The lowest BCUT2D eigenvalue weighted by molar-refractivity contribution is 0.112. The summed E-state index contributed by atoms with van der Waals surface area (Å²) in [6.07, 6.45) is 3.97. The second-order valence-corrected chi connectivity index (χ2v) is 3.50. The minimum atomic E-state index is 0.372. The Morgan fingerprint density at radius 1 is 1.25 bits per heavy atom. The van der Waals surface area contributed by atoms with Crippen molar-refractivity contribution in [2.45, 2.75) is 0 Å². The molecule has 1 heterocycles. The third-order valence-electron chi connectivity index (χ3n) is 1.97. The number of aldehydes is 1. The molecule has 1 aromatic carbocycles. The predicted molar refractivity (Wildman–Crippen MR) is 61.2 cm³/mol. The molecule has 0 spiro atoms. The summed E-state index contributed by atoms with van der Waals surface area (Å²) in [4.78, 5) is 14.5. The molecule has 0 radical (unpaired) electrons. The molecule has 1 aromatic heterocycles. The van der Waals surface area contributed by atoms with Crippen LogP contribution in [0.2, 0.25) is 5.02 Å². The van der Waals surface area contributed by atoms with Gasteiger partial charge in [-0.3, -0.25) is 9.78 Å². The second kappa shape index (κ2) is 4.77. The molecule has 0 unspecified atom stereocenters. The first-order valence-electron chi connectivity index (χ1n) is 4.62. The van der Waals surface area contributed by atoms with Crippen LogP contribution in [0.15, 0.2) is 42.7 Å². The van der Waals surface area contributed by atoms with E-state index in [1.807, 2.05) is 0 Å². The van der Waals surface area contributed by atoms with Crippen LogP contribution in [0.1, 0.15) is 10.4 Å². The van der Waals surface area contributed by atoms with Crippen molar-refractivity contribution in [3.63, 3.8) is 0 Å². The van der Waals surface area contributed by atoms with E-state index in [2.05, 4.69) is 4.98 Å². The van der Waals surface area contributed by atoms with Crippen molar-refractivity contribution in [1.29, 1.82) is 0 Å². The molecule has 0 N–H and O–H groups in total. The van der Waals surface area contributed by atoms with Gasteiger partial charge in [0.2, 0.25) is 0 Å². The fraction of sp³-hybridized carbons (Fsp3) is 0. The van der Waals surface area contributed by atoms with Crippen LogP contribution in [0.4, 0.5) is 0 Å². The highest BCUT2D eigenvalue weighted by Crippen LogP contribution is 2.25. The number of nitrogens with zero attached hydrogens (tertiary/aromatic N) is 1. The molecule has 0 atom stereocenters. The zero-order valence-electron chi connectivity index (χ0n) is 8.26. The molecule has 16 heavy (non-hydrogen) atoms. The van der Waals surface area contributed by atoms with Crippen molar-refractivity contribution in [3.05, 3.63) is 53.3 Å². The number of carbonyl (C=O) groups is 1. The number of carbonyl (C=O) groups excluding carboxylic acids is 1. The van der Waals surface area contributed by atoms with Crippen molar-refractivity contribution in [1.82, 2.24) is 4.98 Å². The Labute approximate surface area is 97.7 Å². The second-order valence-electron chi connectivity index (χ2n) is 3.09. The van der Waals surface area contributed by atoms with Gasteiger partial charge in [-0.25, -0.2) is 0 Å². The molecular weight excluding hydrogens is 226 g/mol. The summed E-state index contributed by atoms with van der Waals surface area (Å²) in [6.45, 7) is 0. The third kappa shape index (κ3) is 2.38. The molecule has 80 valence electrons. The minimum Gasteiger partial charge on any atom is -0.456 e. The van der Waals surface area contributed by atoms with Gasteiger partial charge in [-0.2, -0.15) is 0 Å². The standard InChI is InChI=1S/C12H8ClNO2/c13-12-6-10(4-3-9(12)8-15)16-11-2-1-5-14-7-11/h1-8H. The fourth-order valence-electron chi connectivity index (χ4n) is 1.21. The summed E-state index contributed by atoms with van der Waals surface area (Å²) in [5, 5.41) is 0.372. The van der Waals surface area contributed by atoms with Gasteiger partial charge in [-0.1, -0.05) is 11.6 Å². The molecule has 3 nitrogen and oxygen atoms in total. The Bertz CT molecular complexity index is 500. The molecule has 0 bridgehead atoms. The average Bonchev–Trinajstić information content (AvgIpc) is 2.31. The monoisotopic (exact) mass is 233 g/mol. The molecule has 2 rings (SSSR count). The largest absolute Gasteiger partial charge is 0.456 e. The molecule has 0 amide bonds. The number of aromatic nitrogens is 1. The lowest BCUT2D eigenvalue weighted by Gasteiger charge is -2.05. The number of benzene rings is 1. The maximum Gasteiger partial charge on any atom is 0.151 e.